The van der Waals surface area contributed by atoms with Crippen LogP contribution >= 0.6 is 0 Å². The van der Waals surface area contributed by atoms with E-state index < -0.39 is 12.3 Å². The molecule has 0 radical (unpaired) electrons. The zero-order valence-electron chi connectivity index (χ0n) is 19.6. The predicted molar refractivity (Wildman–Crippen MR) is 133 cm³/mol. The number of hydrogen-bond donors (Lipinski definition) is 2. The van der Waals surface area contributed by atoms with Gasteiger partial charge in [0.15, 0.2) is 0 Å². The lowest BCUT2D eigenvalue weighted by atomic mass is 9.97. The smallest absolute Gasteiger partial charge is 0.450 e. The first-order valence-corrected chi connectivity index (χ1v) is 11.6. The lowest BCUT2D eigenvalue weighted by Crippen LogP contribution is -2.37. The van der Waals surface area contributed by atoms with Crippen molar-refractivity contribution in [3.63, 3.8) is 0 Å². The Morgan fingerprint density at radius 3 is 2.40 bits per heavy atom. The molecule has 1 aromatic heterocycles. The van der Waals surface area contributed by atoms with E-state index in [0.717, 1.165) is 49.3 Å². The van der Waals surface area contributed by atoms with Gasteiger partial charge in [0.25, 0.3) is 0 Å². The monoisotopic (exact) mass is 478 g/mol. The number of hydrogen-bond acceptors (Lipinski definition) is 4. The minimum atomic E-state index is -1.83. The van der Waals surface area contributed by atoms with E-state index >= 15 is 4.39 Å². The Kier molecular flexibility index (Phi) is 9.95. The molecule has 0 bridgehead atoms. The molecular weight excluding hydrogens is 447 g/mol. The molecule has 184 valence electrons. The van der Waals surface area contributed by atoms with Gasteiger partial charge in [0, 0.05) is 31.4 Å². The van der Waals surface area contributed by atoms with Crippen LogP contribution in [0.15, 0.2) is 85.6 Å². The van der Waals surface area contributed by atoms with Crippen molar-refractivity contribution in [2.75, 3.05) is 13.1 Å². The van der Waals surface area contributed by atoms with E-state index in [2.05, 4.69) is 22.5 Å². The Morgan fingerprint density at radius 2 is 1.80 bits per heavy atom. The second kappa shape index (κ2) is 13.4. The molecule has 0 spiro atoms. The largest absolute Gasteiger partial charge is 0.503 e. The molecule has 1 aliphatic rings. The number of ether oxygens (including phenoxy) is 1. The van der Waals surface area contributed by atoms with Gasteiger partial charge in [0.2, 0.25) is 0 Å². The van der Waals surface area contributed by atoms with Crippen LogP contribution in [-0.2, 0) is 17.7 Å². The highest BCUT2D eigenvalue weighted by molar-refractivity contribution is 5.53. The summed E-state index contributed by atoms with van der Waals surface area (Å²) in [7, 11) is 0. The van der Waals surface area contributed by atoms with Crippen molar-refractivity contribution in [2.45, 2.75) is 38.0 Å². The maximum absolute atomic E-state index is 15.0. The molecule has 1 fully saturated rings. The number of nitrogens with zero attached hydrogens (tertiary/aromatic N) is 2. The van der Waals surface area contributed by atoms with Crippen LogP contribution in [0.5, 0.6) is 0 Å². The fourth-order valence-electron chi connectivity index (χ4n) is 4.15. The average molecular weight is 479 g/mol. The van der Waals surface area contributed by atoms with Gasteiger partial charge in [0.05, 0.1) is 11.8 Å². The van der Waals surface area contributed by atoms with E-state index in [9.17, 15) is 0 Å². The maximum atomic E-state index is 15.0. The molecule has 0 saturated carbocycles. The van der Waals surface area contributed by atoms with Gasteiger partial charge in [0.1, 0.15) is 11.9 Å². The quantitative estimate of drug-likeness (QED) is 0.390. The van der Waals surface area contributed by atoms with Crippen LogP contribution in [0.4, 0.5) is 9.18 Å². The summed E-state index contributed by atoms with van der Waals surface area (Å²) in [6.07, 6.45) is 3.98. The minimum Gasteiger partial charge on any atom is -0.450 e. The van der Waals surface area contributed by atoms with E-state index in [0.29, 0.717) is 12.0 Å². The van der Waals surface area contributed by atoms with Crippen molar-refractivity contribution in [1.29, 1.82) is 0 Å². The number of carboxylic acid groups (broad SMARTS) is 2. The van der Waals surface area contributed by atoms with Crippen molar-refractivity contribution >= 4 is 6.16 Å². The fourth-order valence-corrected chi connectivity index (χ4v) is 4.15. The Morgan fingerprint density at radius 1 is 1.11 bits per heavy atom. The van der Waals surface area contributed by atoms with Crippen LogP contribution in [-0.4, -0.2) is 45.4 Å². The molecule has 1 saturated heterocycles. The number of likely N-dealkylation sites (tertiary alicyclic amines) is 1. The Hall–Kier alpha value is -3.55. The second-order valence-corrected chi connectivity index (χ2v) is 8.35. The first-order chi connectivity index (χ1) is 17.0. The third kappa shape index (κ3) is 8.31. The summed E-state index contributed by atoms with van der Waals surface area (Å²) >= 11 is 0. The van der Waals surface area contributed by atoms with Gasteiger partial charge in [-0.25, -0.2) is 9.18 Å². The number of pyridine rings is 1. The number of benzene rings is 2. The summed E-state index contributed by atoms with van der Waals surface area (Å²) in [5.41, 5.74) is 3.58. The van der Waals surface area contributed by atoms with Crippen molar-refractivity contribution in [1.82, 2.24) is 9.88 Å². The molecule has 1 atom stereocenters. The molecule has 6 nitrogen and oxygen atoms in total. The molecule has 1 aliphatic heterocycles. The van der Waals surface area contributed by atoms with Crippen LogP contribution in [0.3, 0.4) is 0 Å². The second-order valence-electron chi connectivity index (χ2n) is 8.35. The first-order valence-electron chi connectivity index (χ1n) is 11.6. The molecule has 4 rings (SSSR count). The third-order valence-electron chi connectivity index (χ3n) is 5.80. The molecule has 0 amide bonds. The third-order valence-corrected chi connectivity index (χ3v) is 5.80. The number of piperidine rings is 1. The Balaban J connectivity index is 0.000000795. The number of carbonyl (C=O) groups is 1. The van der Waals surface area contributed by atoms with Crippen LogP contribution in [0.2, 0.25) is 0 Å². The Labute approximate surface area is 205 Å². The summed E-state index contributed by atoms with van der Waals surface area (Å²) in [5.74, 6) is -0.221. The molecular formula is C28H31FN2O4. The van der Waals surface area contributed by atoms with Crippen molar-refractivity contribution < 1.29 is 24.1 Å². The highest BCUT2D eigenvalue weighted by Crippen LogP contribution is 2.32. The van der Waals surface area contributed by atoms with Crippen molar-refractivity contribution in [3.05, 3.63) is 114 Å². The number of allylic oxidation sites excluding steroid dienone is 1. The van der Waals surface area contributed by atoms with Gasteiger partial charge < -0.3 is 14.9 Å². The summed E-state index contributed by atoms with van der Waals surface area (Å²) in [5, 5.41) is 13.9. The van der Waals surface area contributed by atoms with Crippen LogP contribution in [0, 0.1) is 5.82 Å². The maximum Gasteiger partial charge on any atom is 0.503 e. The summed E-state index contributed by atoms with van der Waals surface area (Å²) in [4.78, 5) is 15.4. The van der Waals surface area contributed by atoms with E-state index in [1.165, 1.54) is 0 Å². The molecule has 7 heteroatoms. The normalized spacial score (nSPS) is 15.0. The van der Waals surface area contributed by atoms with Crippen LogP contribution in [0.1, 0.15) is 41.3 Å². The topological polar surface area (TPSA) is 82.9 Å². The SMILES string of the molecule is C=CCc1ccc(C(OC2CCN(Cc3ccccn3)CC2)c2ccccc2)c(F)c1.O=C(O)O. The summed E-state index contributed by atoms with van der Waals surface area (Å²) in [6.45, 7) is 6.50. The highest BCUT2D eigenvalue weighted by Gasteiger charge is 2.26. The van der Waals surface area contributed by atoms with Gasteiger partial charge in [-0.05, 0) is 48.6 Å². The minimum absolute atomic E-state index is 0.0949. The lowest BCUT2D eigenvalue weighted by molar-refractivity contribution is -0.0294. The molecule has 0 aliphatic carbocycles. The van der Waals surface area contributed by atoms with E-state index in [1.54, 1.807) is 12.1 Å². The highest BCUT2D eigenvalue weighted by atomic mass is 19.1. The van der Waals surface area contributed by atoms with E-state index in [-0.39, 0.29) is 11.9 Å². The van der Waals surface area contributed by atoms with Gasteiger partial charge in [-0.1, -0.05) is 54.6 Å². The standard InChI is InChI=1S/C27H29FN2O.CH2O3/c1-2-8-21-12-13-25(26(28)19-21)27(22-9-4-3-5-10-22)31-24-14-17-30(18-15-24)20-23-11-6-7-16-29-23;2-1(3)4/h2-7,9-13,16,19,24,27H,1,8,14-15,17-18,20H2;(H2,2,3,4). The molecule has 35 heavy (non-hydrogen) atoms. The first kappa shape index (κ1) is 26.1. The van der Waals surface area contributed by atoms with Gasteiger partial charge in [-0.3, -0.25) is 9.88 Å². The lowest BCUT2D eigenvalue weighted by Gasteiger charge is -2.34. The van der Waals surface area contributed by atoms with Crippen LogP contribution < -0.4 is 0 Å². The Bertz CT molecular complexity index is 1070. The number of aromatic nitrogens is 1. The van der Waals surface area contributed by atoms with E-state index in [4.69, 9.17) is 19.7 Å². The molecule has 3 aromatic rings. The number of rotatable bonds is 8. The van der Waals surface area contributed by atoms with Gasteiger partial charge in [-0.15, -0.1) is 6.58 Å². The zero-order chi connectivity index (χ0) is 25.0. The fraction of sp³-hybridized carbons (Fsp3) is 0.286. The van der Waals surface area contributed by atoms with Gasteiger partial charge in [-0.2, -0.15) is 0 Å². The van der Waals surface area contributed by atoms with Crippen molar-refractivity contribution in [2.24, 2.45) is 0 Å². The zero-order valence-corrected chi connectivity index (χ0v) is 19.6. The predicted octanol–water partition coefficient (Wildman–Crippen LogP) is 5.94. The molecule has 2 aromatic carbocycles. The summed E-state index contributed by atoms with van der Waals surface area (Å²) < 4.78 is 21.6. The molecule has 2 N–H and O–H groups in total. The summed E-state index contributed by atoms with van der Waals surface area (Å²) in [6, 6.07) is 21.4. The average Bonchev–Trinajstić information content (AvgIpc) is 2.85. The van der Waals surface area contributed by atoms with E-state index in [1.807, 2.05) is 60.8 Å². The van der Waals surface area contributed by atoms with Gasteiger partial charge >= 0.3 is 6.16 Å². The van der Waals surface area contributed by atoms with Crippen LogP contribution in [0.25, 0.3) is 0 Å². The van der Waals surface area contributed by atoms with Crippen molar-refractivity contribution in [3.8, 4) is 0 Å². The molecule has 2 heterocycles. The number of halogens is 1. The molecule has 1 unspecified atom stereocenters.